The van der Waals surface area contributed by atoms with Crippen molar-refractivity contribution in [3.63, 3.8) is 0 Å². The molecule has 1 aliphatic heterocycles. The number of alkyl halides is 3. The van der Waals surface area contributed by atoms with Crippen LogP contribution in [-0.4, -0.2) is 53.8 Å². The summed E-state index contributed by atoms with van der Waals surface area (Å²) in [6.45, 7) is 0.0699. The van der Waals surface area contributed by atoms with E-state index in [1.54, 1.807) is 24.3 Å². The number of carbonyl (C=O) groups excluding carboxylic acids is 2. The lowest BCUT2D eigenvalue weighted by Gasteiger charge is -2.32. The third kappa shape index (κ3) is 5.14. The van der Waals surface area contributed by atoms with Crippen molar-refractivity contribution in [1.29, 1.82) is 0 Å². The number of aromatic nitrogens is 1. The summed E-state index contributed by atoms with van der Waals surface area (Å²) in [4.78, 5) is 28.7. The Bertz CT molecular complexity index is 845. The van der Waals surface area contributed by atoms with Crippen LogP contribution >= 0.6 is 11.6 Å². The van der Waals surface area contributed by atoms with Crippen LogP contribution in [0.2, 0.25) is 5.02 Å². The van der Waals surface area contributed by atoms with Gasteiger partial charge in [0.25, 0.3) is 5.91 Å². The third-order valence-corrected chi connectivity index (χ3v) is 4.56. The lowest BCUT2D eigenvalue weighted by Crippen LogP contribution is -2.46. The van der Waals surface area contributed by atoms with Crippen LogP contribution in [0.4, 0.5) is 13.2 Å². The van der Waals surface area contributed by atoms with Crippen LogP contribution in [-0.2, 0) is 9.53 Å². The molecular weight excluding hydrogens is 387 g/mol. The highest BCUT2D eigenvalue weighted by atomic mass is 35.5. The van der Waals surface area contributed by atoms with Crippen LogP contribution in [0.15, 0.2) is 24.3 Å². The van der Waals surface area contributed by atoms with Gasteiger partial charge in [-0.3, -0.25) is 14.3 Å². The Morgan fingerprint density at radius 2 is 1.96 bits per heavy atom. The molecule has 1 saturated heterocycles. The monoisotopic (exact) mass is 403 g/mol. The molecular formula is C17H17ClF3N3O3. The van der Waals surface area contributed by atoms with Crippen LogP contribution in [0.3, 0.4) is 0 Å². The van der Waals surface area contributed by atoms with Crippen molar-refractivity contribution in [2.75, 3.05) is 19.6 Å². The van der Waals surface area contributed by atoms with Crippen molar-refractivity contribution in [2.24, 2.45) is 0 Å². The molecule has 1 aromatic carbocycles. The molecule has 0 atom stereocenters. The number of halogens is 4. The van der Waals surface area contributed by atoms with Crippen LogP contribution in [0, 0.1) is 0 Å². The minimum Gasteiger partial charge on any atom is -0.351 e. The molecule has 0 radical (unpaired) electrons. The summed E-state index contributed by atoms with van der Waals surface area (Å²) < 4.78 is 40.6. The van der Waals surface area contributed by atoms with Gasteiger partial charge in [-0.15, -0.1) is 13.2 Å². The molecule has 6 nitrogen and oxygen atoms in total. The summed E-state index contributed by atoms with van der Waals surface area (Å²) in [7, 11) is 0. The molecule has 1 aromatic heterocycles. The number of carbonyl (C=O) groups is 2. The Hall–Kier alpha value is -2.26. The fourth-order valence-corrected chi connectivity index (χ4v) is 3.18. The number of nitrogens with zero attached hydrogens (tertiary/aromatic N) is 1. The van der Waals surface area contributed by atoms with E-state index >= 15 is 0 Å². The number of nitrogens with one attached hydrogen (secondary N) is 2. The standard InChI is InChI=1S/C17H17ClF3N3O3/c18-11-1-2-13-10(7-11)8-14(23-13)16(26)22-9-15(25)24-5-3-12(4-6-24)27-17(19,20)21/h1-2,7-8,12,23H,3-6,9H2,(H,22,26). The summed E-state index contributed by atoms with van der Waals surface area (Å²) in [5.74, 6) is -0.807. The molecule has 2 N–H and O–H groups in total. The summed E-state index contributed by atoms with van der Waals surface area (Å²) in [5, 5.41) is 3.83. The molecule has 2 aromatic rings. The number of ether oxygens (including phenoxy) is 1. The van der Waals surface area contributed by atoms with Crippen molar-refractivity contribution in [3.05, 3.63) is 35.0 Å². The van der Waals surface area contributed by atoms with Gasteiger partial charge in [0.2, 0.25) is 5.91 Å². The molecule has 2 amide bonds. The zero-order chi connectivity index (χ0) is 19.6. The van der Waals surface area contributed by atoms with E-state index in [0.717, 1.165) is 10.9 Å². The number of rotatable bonds is 4. The van der Waals surface area contributed by atoms with Gasteiger partial charge in [0, 0.05) is 29.0 Å². The van der Waals surface area contributed by atoms with Gasteiger partial charge in [0.05, 0.1) is 12.6 Å². The SMILES string of the molecule is O=C(NCC(=O)N1CCC(OC(F)(F)F)CC1)c1cc2cc(Cl)ccc2[nH]1. The maximum Gasteiger partial charge on any atom is 0.522 e. The molecule has 0 unspecified atom stereocenters. The van der Waals surface area contributed by atoms with E-state index in [4.69, 9.17) is 11.6 Å². The van der Waals surface area contributed by atoms with E-state index in [1.165, 1.54) is 4.90 Å². The number of fused-ring (bicyclic) bond motifs is 1. The van der Waals surface area contributed by atoms with Crippen molar-refractivity contribution in [2.45, 2.75) is 25.3 Å². The average Bonchev–Trinajstić information content (AvgIpc) is 3.01. The number of aromatic amines is 1. The van der Waals surface area contributed by atoms with Gasteiger partial charge in [-0.05, 0) is 37.1 Å². The molecule has 0 aliphatic carbocycles. The van der Waals surface area contributed by atoms with E-state index in [1.807, 2.05) is 0 Å². The van der Waals surface area contributed by atoms with Gasteiger partial charge >= 0.3 is 6.36 Å². The molecule has 1 fully saturated rings. The third-order valence-electron chi connectivity index (χ3n) is 4.32. The fraction of sp³-hybridized carbons (Fsp3) is 0.412. The van der Waals surface area contributed by atoms with Crippen molar-refractivity contribution < 1.29 is 27.5 Å². The Morgan fingerprint density at radius 1 is 1.26 bits per heavy atom. The fourth-order valence-electron chi connectivity index (χ4n) is 3.00. The smallest absolute Gasteiger partial charge is 0.351 e. The Kier molecular flexibility index (Phi) is 5.61. The number of amides is 2. The average molecular weight is 404 g/mol. The number of benzene rings is 1. The molecule has 0 saturated carbocycles. The maximum absolute atomic E-state index is 12.2. The van der Waals surface area contributed by atoms with Crippen LogP contribution in [0.5, 0.6) is 0 Å². The first-order valence-electron chi connectivity index (χ1n) is 8.30. The first-order valence-corrected chi connectivity index (χ1v) is 8.68. The highest BCUT2D eigenvalue weighted by Gasteiger charge is 2.35. The van der Waals surface area contributed by atoms with Crippen LogP contribution in [0.1, 0.15) is 23.3 Å². The van der Waals surface area contributed by atoms with Crippen molar-refractivity contribution in [3.8, 4) is 0 Å². The number of H-pyrrole nitrogens is 1. The van der Waals surface area contributed by atoms with E-state index in [9.17, 15) is 22.8 Å². The van der Waals surface area contributed by atoms with Gasteiger partial charge in [-0.2, -0.15) is 0 Å². The van der Waals surface area contributed by atoms with Gasteiger partial charge in [0.1, 0.15) is 5.69 Å². The zero-order valence-electron chi connectivity index (χ0n) is 14.1. The molecule has 0 bridgehead atoms. The Balaban J connectivity index is 1.49. The number of piperidine rings is 1. The second-order valence-electron chi connectivity index (χ2n) is 6.24. The molecule has 146 valence electrons. The predicted molar refractivity (Wildman–Crippen MR) is 92.4 cm³/mol. The van der Waals surface area contributed by atoms with Gasteiger partial charge in [-0.1, -0.05) is 11.6 Å². The normalized spacial score (nSPS) is 15.9. The first kappa shape index (κ1) is 19.5. The summed E-state index contributed by atoms with van der Waals surface area (Å²) in [5.41, 5.74) is 1.03. The van der Waals surface area contributed by atoms with E-state index in [0.29, 0.717) is 5.02 Å². The molecule has 3 rings (SSSR count). The molecule has 10 heteroatoms. The zero-order valence-corrected chi connectivity index (χ0v) is 14.9. The summed E-state index contributed by atoms with van der Waals surface area (Å²) in [6, 6.07) is 6.77. The van der Waals surface area contributed by atoms with E-state index in [-0.39, 0.29) is 44.1 Å². The highest BCUT2D eigenvalue weighted by Crippen LogP contribution is 2.24. The van der Waals surface area contributed by atoms with Crippen LogP contribution in [0.25, 0.3) is 10.9 Å². The molecule has 1 aliphatic rings. The van der Waals surface area contributed by atoms with Crippen LogP contribution < -0.4 is 5.32 Å². The number of hydrogen-bond donors (Lipinski definition) is 2. The van der Waals surface area contributed by atoms with Gasteiger partial charge < -0.3 is 15.2 Å². The summed E-state index contributed by atoms with van der Waals surface area (Å²) in [6.07, 6.45) is -5.42. The Labute approximate surface area is 157 Å². The molecule has 2 heterocycles. The largest absolute Gasteiger partial charge is 0.522 e. The van der Waals surface area contributed by atoms with E-state index in [2.05, 4.69) is 15.0 Å². The minimum absolute atomic E-state index is 0.0992. The topological polar surface area (TPSA) is 74.4 Å². The van der Waals surface area contributed by atoms with Gasteiger partial charge in [-0.25, -0.2) is 0 Å². The van der Waals surface area contributed by atoms with Crippen molar-refractivity contribution >= 4 is 34.3 Å². The molecule has 27 heavy (non-hydrogen) atoms. The highest BCUT2D eigenvalue weighted by molar-refractivity contribution is 6.31. The lowest BCUT2D eigenvalue weighted by atomic mass is 10.1. The number of hydrogen-bond acceptors (Lipinski definition) is 3. The summed E-state index contributed by atoms with van der Waals surface area (Å²) >= 11 is 5.91. The van der Waals surface area contributed by atoms with Gasteiger partial charge in [0.15, 0.2) is 0 Å². The quantitative estimate of drug-likeness (QED) is 0.824. The maximum atomic E-state index is 12.2. The lowest BCUT2D eigenvalue weighted by molar-refractivity contribution is -0.345. The second kappa shape index (κ2) is 7.77. The molecule has 0 spiro atoms. The minimum atomic E-state index is -4.67. The van der Waals surface area contributed by atoms with E-state index < -0.39 is 18.4 Å². The van der Waals surface area contributed by atoms with Crippen molar-refractivity contribution in [1.82, 2.24) is 15.2 Å². The Morgan fingerprint density at radius 3 is 2.63 bits per heavy atom. The predicted octanol–water partition coefficient (Wildman–Crippen LogP) is 3.08. The number of likely N-dealkylation sites (tertiary alicyclic amines) is 1. The second-order valence-corrected chi connectivity index (χ2v) is 6.68. The first-order chi connectivity index (χ1) is 12.7.